The Balaban J connectivity index is 1.74. The molecule has 0 heterocycles. The van der Waals surface area contributed by atoms with E-state index in [1.54, 1.807) is 0 Å². The molecule has 0 saturated heterocycles. The van der Waals surface area contributed by atoms with E-state index >= 15 is 0 Å². The minimum Gasteiger partial charge on any atom is -0.325 e. The molecule has 1 amide bonds. The van der Waals surface area contributed by atoms with Crippen molar-refractivity contribution in [2.75, 3.05) is 5.32 Å². The summed E-state index contributed by atoms with van der Waals surface area (Å²) in [5, 5.41) is 5.17. The molecular formula is C20H21NO2. The van der Waals surface area contributed by atoms with E-state index in [-0.39, 0.29) is 17.1 Å². The van der Waals surface area contributed by atoms with Crippen LogP contribution in [0.4, 0.5) is 5.69 Å². The number of nitrogens with one attached hydrogen (secondary N) is 1. The number of ketones is 1. The van der Waals surface area contributed by atoms with Gasteiger partial charge in [0.1, 0.15) is 11.2 Å². The highest BCUT2D eigenvalue weighted by atomic mass is 16.2. The van der Waals surface area contributed by atoms with E-state index < -0.39 is 5.41 Å². The van der Waals surface area contributed by atoms with Gasteiger partial charge in [0, 0.05) is 17.5 Å². The number of rotatable bonds is 2. The first-order chi connectivity index (χ1) is 11.0. The Kier molecular flexibility index (Phi) is 2.93. The zero-order valence-electron chi connectivity index (χ0n) is 13.6. The van der Waals surface area contributed by atoms with Crippen LogP contribution in [-0.2, 0) is 9.59 Å². The Morgan fingerprint density at radius 3 is 2.57 bits per heavy atom. The van der Waals surface area contributed by atoms with E-state index in [9.17, 15) is 9.59 Å². The molecule has 2 atom stereocenters. The lowest BCUT2D eigenvalue weighted by atomic mass is 9.68. The molecule has 2 unspecified atom stereocenters. The van der Waals surface area contributed by atoms with Gasteiger partial charge in [-0.25, -0.2) is 0 Å². The number of fused-ring (bicyclic) bond motifs is 3. The second kappa shape index (κ2) is 4.67. The highest BCUT2D eigenvalue weighted by molar-refractivity contribution is 6.16. The predicted molar refractivity (Wildman–Crippen MR) is 91.1 cm³/mol. The maximum atomic E-state index is 13.1. The number of hydrogen-bond donors (Lipinski definition) is 1. The normalized spacial score (nSPS) is 28.3. The predicted octanol–water partition coefficient (Wildman–Crippen LogP) is 4.17. The molecule has 2 aromatic rings. The van der Waals surface area contributed by atoms with Gasteiger partial charge in [0.05, 0.1) is 0 Å². The molecule has 4 rings (SSSR count). The lowest BCUT2D eigenvalue weighted by molar-refractivity contribution is -0.141. The standard InChI is InChI=1S/C20H21NO2/c1-19(2)14-10-11-20(19,17(22)12-14)18(23)21-16-9-5-7-13-6-3-4-8-15(13)16/h3-9,14H,10-12H2,1-2H3,(H,21,23). The SMILES string of the molecule is CC1(C)C2CCC1(C(=O)Nc1cccc3ccccc13)C(=O)C2. The Bertz CT molecular complexity index is 818. The van der Waals surface area contributed by atoms with Crippen LogP contribution in [0.3, 0.4) is 0 Å². The summed E-state index contributed by atoms with van der Waals surface area (Å²) in [5.41, 5.74) is -0.311. The number of carbonyl (C=O) groups excluding carboxylic acids is 2. The largest absolute Gasteiger partial charge is 0.325 e. The second-order valence-electron chi connectivity index (χ2n) is 7.47. The summed E-state index contributed by atoms with van der Waals surface area (Å²) in [6.07, 6.45) is 2.21. The van der Waals surface area contributed by atoms with Gasteiger partial charge < -0.3 is 5.32 Å². The molecule has 23 heavy (non-hydrogen) atoms. The summed E-state index contributed by atoms with van der Waals surface area (Å²) in [6.45, 7) is 4.16. The van der Waals surface area contributed by atoms with Crippen LogP contribution in [0.1, 0.15) is 33.1 Å². The average Bonchev–Trinajstić information content (AvgIpc) is 2.90. The van der Waals surface area contributed by atoms with Gasteiger partial charge in [0.25, 0.3) is 0 Å². The van der Waals surface area contributed by atoms with Crippen LogP contribution in [-0.4, -0.2) is 11.7 Å². The number of carbonyl (C=O) groups is 2. The van der Waals surface area contributed by atoms with Gasteiger partial charge in [-0.15, -0.1) is 0 Å². The van der Waals surface area contributed by atoms with Crippen LogP contribution < -0.4 is 5.32 Å². The maximum absolute atomic E-state index is 13.1. The summed E-state index contributed by atoms with van der Waals surface area (Å²) >= 11 is 0. The Morgan fingerprint density at radius 2 is 1.87 bits per heavy atom. The molecule has 2 aliphatic carbocycles. The monoisotopic (exact) mass is 307 g/mol. The molecule has 2 bridgehead atoms. The fourth-order valence-electron chi connectivity index (χ4n) is 4.77. The van der Waals surface area contributed by atoms with Crippen LogP contribution in [0.5, 0.6) is 0 Å². The highest BCUT2D eigenvalue weighted by Gasteiger charge is 2.68. The zero-order chi connectivity index (χ0) is 16.2. The van der Waals surface area contributed by atoms with Crippen molar-refractivity contribution >= 4 is 28.2 Å². The van der Waals surface area contributed by atoms with Crippen LogP contribution in [0.15, 0.2) is 42.5 Å². The molecule has 0 aliphatic heterocycles. The van der Waals surface area contributed by atoms with Gasteiger partial charge in [-0.05, 0) is 35.6 Å². The molecular weight excluding hydrogens is 286 g/mol. The van der Waals surface area contributed by atoms with Crippen molar-refractivity contribution in [2.45, 2.75) is 33.1 Å². The molecule has 0 radical (unpaired) electrons. The zero-order valence-corrected chi connectivity index (χ0v) is 13.6. The van der Waals surface area contributed by atoms with Gasteiger partial charge in [-0.2, -0.15) is 0 Å². The number of hydrogen-bond acceptors (Lipinski definition) is 2. The first-order valence-electron chi connectivity index (χ1n) is 8.29. The van der Waals surface area contributed by atoms with Crippen molar-refractivity contribution in [3.63, 3.8) is 0 Å². The molecule has 3 nitrogen and oxygen atoms in total. The van der Waals surface area contributed by atoms with Crippen molar-refractivity contribution in [1.82, 2.24) is 0 Å². The Labute approximate surface area is 136 Å². The second-order valence-corrected chi connectivity index (χ2v) is 7.47. The molecule has 2 aliphatic rings. The van der Waals surface area contributed by atoms with Gasteiger partial charge in [-0.3, -0.25) is 9.59 Å². The smallest absolute Gasteiger partial charge is 0.238 e. The van der Waals surface area contributed by atoms with Crippen molar-refractivity contribution in [3.05, 3.63) is 42.5 Å². The summed E-state index contributed by atoms with van der Waals surface area (Å²) in [5.74, 6) is 0.341. The van der Waals surface area contributed by atoms with Crippen LogP contribution in [0.25, 0.3) is 10.8 Å². The molecule has 118 valence electrons. The third-order valence-corrected chi connectivity index (χ3v) is 6.32. The number of anilines is 1. The molecule has 1 N–H and O–H groups in total. The number of benzene rings is 2. The van der Waals surface area contributed by atoms with Gasteiger partial charge in [0.15, 0.2) is 0 Å². The van der Waals surface area contributed by atoms with E-state index in [4.69, 9.17) is 0 Å². The maximum Gasteiger partial charge on any atom is 0.238 e. The third kappa shape index (κ3) is 1.76. The fourth-order valence-corrected chi connectivity index (χ4v) is 4.77. The third-order valence-electron chi connectivity index (χ3n) is 6.32. The van der Waals surface area contributed by atoms with E-state index in [0.717, 1.165) is 22.9 Å². The van der Waals surface area contributed by atoms with Gasteiger partial charge >= 0.3 is 0 Å². The minimum atomic E-state index is -0.853. The first kappa shape index (κ1) is 14.4. The van der Waals surface area contributed by atoms with Crippen LogP contribution >= 0.6 is 0 Å². The molecule has 3 heteroatoms. The lowest BCUT2D eigenvalue weighted by Gasteiger charge is -2.35. The molecule has 0 aromatic heterocycles. The van der Waals surface area contributed by atoms with Crippen molar-refractivity contribution in [1.29, 1.82) is 0 Å². The summed E-state index contributed by atoms with van der Waals surface area (Å²) in [4.78, 5) is 25.7. The summed E-state index contributed by atoms with van der Waals surface area (Å²) < 4.78 is 0. The minimum absolute atomic E-state index is 0.121. The quantitative estimate of drug-likeness (QED) is 0.846. The molecule has 2 saturated carbocycles. The molecule has 2 fully saturated rings. The van der Waals surface area contributed by atoms with Gasteiger partial charge in [0.2, 0.25) is 5.91 Å². The van der Waals surface area contributed by atoms with Crippen molar-refractivity contribution in [3.8, 4) is 0 Å². The Morgan fingerprint density at radius 1 is 1.13 bits per heavy atom. The number of Topliss-reactive ketones (excluding diaryl/α,β-unsaturated/α-hetero) is 1. The first-order valence-corrected chi connectivity index (χ1v) is 8.29. The van der Waals surface area contributed by atoms with Crippen molar-refractivity contribution < 1.29 is 9.59 Å². The van der Waals surface area contributed by atoms with E-state index in [2.05, 4.69) is 19.2 Å². The Hall–Kier alpha value is -2.16. The number of amides is 1. The van der Waals surface area contributed by atoms with E-state index in [0.29, 0.717) is 18.8 Å². The van der Waals surface area contributed by atoms with Crippen LogP contribution in [0, 0.1) is 16.7 Å². The van der Waals surface area contributed by atoms with E-state index in [1.165, 1.54) is 0 Å². The molecule has 0 spiro atoms. The highest BCUT2D eigenvalue weighted by Crippen LogP contribution is 2.64. The average molecular weight is 307 g/mol. The van der Waals surface area contributed by atoms with E-state index in [1.807, 2.05) is 42.5 Å². The van der Waals surface area contributed by atoms with Gasteiger partial charge in [-0.1, -0.05) is 50.2 Å². The fraction of sp³-hybridized carbons (Fsp3) is 0.400. The molecule has 2 aromatic carbocycles. The summed E-state index contributed by atoms with van der Waals surface area (Å²) in [6, 6.07) is 13.9. The van der Waals surface area contributed by atoms with Crippen LogP contribution in [0.2, 0.25) is 0 Å². The topological polar surface area (TPSA) is 46.2 Å². The van der Waals surface area contributed by atoms with Crippen molar-refractivity contribution in [2.24, 2.45) is 16.7 Å². The summed E-state index contributed by atoms with van der Waals surface area (Å²) in [7, 11) is 0. The lowest BCUT2D eigenvalue weighted by Crippen LogP contribution is -2.46.